The molecule has 0 saturated heterocycles. The zero-order chi connectivity index (χ0) is 14.5. The molecule has 1 aromatic carbocycles. The Morgan fingerprint density at radius 2 is 1.95 bits per heavy atom. The van der Waals surface area contributed by atoms with Gasteiger partial charge in [-0.05, 0) is 12.1 Å². The molecule has 0 heterocycles. The van der Waals surface area contributed by atoms with Gasteiger partial charge in [0.2, 0.25) is 0 Å². The highest BCUT2D eigenvalue weighted by Crippen LogP contribution is 2.25. The molecule has 0 aliphatic heterocycles. The van der Waals surface area contributed by atoms with Gasteiger partial charge >= 0.3 is 12.1 Å². The monoisotopic (exact) mass is 278 g/mol. The first-order valence-electron chi connectivity index (χ1n) is 4.98. The molecule has 0 unspecified atom stereocenters. The number of hydrogen-bond donors (Lipinski definition) is 2. The van der Waals surface area contributed by atoms with Gasteiger partial charge in [0.1, 0.15) is 5.82 Å². The molecule has 0 fully saturated rings. The average molecular weight is 278 g/mol. The predicted octanol–water partition coefficient (Wildman–Crippen LogP) is 2.36. The van der Waals surface area contributed by atoms with E-state index in [9.17, 15) is 22.4 Å². The standard InChI is InChI=1S/C11H10F4N2O2/c1-19-10(18)7(11(13,14)15)6-16-17-9-5-3-2-4-8(9)12/h2-6,16-17H,1H3/b7-6+. The average Bonchev–Trinajstić information content (AvgIpc) is 2.34. The number of anilines is 1. The molecule has 0 atom stereocenters. The Bertz CT molecular complexity index is 486. The summed E-state index contributed by atoms with van der Waals surface area (Å²) in [5, 5.41) is 0. The number of hydrazine groups is 1. The van der Waals surface area contributed by atoms with Gasteiger partial charge in [-0.2, -0.15) is 13.2 Å². The van der Waals surface area contributed by atoms with Crippen molar-refractivity contribution in [2.24, 2.45) is 0 Å². The number of methoxy groups -OCH3 is 1. The summed E-state index contributed by atoms with van der Waals surface area (Å²) in [7, 11) is 0.826. The molecule has 0 aliphatic rings. The lowest BCUT2D eigenvalue weighted by Crippen LogP contribution is -2.26. The van der Waals surface area contributed by atoms with Crippen molar-refractivity contribution in [1.29, 1.82) is 0 Å². The number of rotatable bonds is 4. The minimum atomic E-state index is -4.88. The molecule has 19 heavy (non-hydrogen) atoms. The highest BCUT2D eigenvalue weighted by molar-refractivity contribution is 5.89. The zero-order valence-corrected chi connectivity index (χ0v) is 9.72. The van der Waals surface area contributed by atoms with E-state index in [4.69, 9.17) is 0 Å². The van der Waals surface area contributed by atoms with E-state index < -0.39 is 23.5 Å². The topological polar surface area (TPSA) is 50.4 Å². The first kappa shape index (κ1) is 14.8. The molecular formula is C11H10F4N2O2. The number of para-hydroxylation sites is 1. The van der Waals surface area contributed by atoms with Crippen molar-refractivity contribution in [3.8, 4) is 0 Å². The second kappa shape index (κ2) is 6.07. The van der Waals surface area contributed by atoms with Crippen molar-refractivity contribution < 1.29 is 27.1 Å². The van der Waals surface area contributed by atoms with E-state index in [-0.39, 0.29) is 5.69 Å². The van der Waals surface area contributed by atoms with E-state index in [1.165, 1.54) is 18.2 Å². The van der Waals surface area contributed by atoms with Gasteiger partial charge in [-0.15, -0.1) is 0 Å². The molecule has 0 aromatic heterocycles. The molecule has 8 heteroatoms. The highest BCUT2D eigenvalue weighted by Gasteiger charge is 2.39. The smallest absolute Gasteiger partial charge is 0.424 e. The Kier molecular flexibility index (Phi) is 4.74. The minimum Gasteiger partial charge on any atom is -0.465 e. The summed E-state index contributed by atoms with van der Waals surface area (Å²) in [5.74, 6) is -2.20. The molecular weight excluding hydrogens is 268 g/mol. The molecule has 104 valence electrons. The Morgan fingerprint density at radius 1 is 1.32 bits per heavy atom. The van der Waals surface area contributed by atoms with Crippen LogP contribution in [0.5, 0.6) is 0 Å². The Labute approximate surface area is 106 Å². The lowest BCUT2D eigenvalue weighted by Gasteiger charge is -2.11. The minimum absolute atomic E-state index is 0.0647. The molecule has 4 nitrogen and oxygen atoms in total. The maximum Gasteiger partial charge on any atom is 0.424 e. The van der Waals surface area contributed by atoms with Crippen molar-refractivity contribution in [1.82, 2.24) is 5.43 Å². The third-order valence-corrected chi connectivity index (χ3v) is 2.01. The van der Waals surface area contributed by atoms with Crippen LogP contribution >= 0.6 is 0 Å². The van der Waals surface area contributed by atoms with Crippen LogP contribution < -0.4 is 10.9 Å². The predicted molar refractivity (Wildman–Crippen MR) is 59.3 cm³/mol. The molecule has 0 radical (unpaired) electrons. The molecule has 0 saturated carbocycles. The molecule has 0 bridgehead atoms. The van der Waals surface area contributed by atoms with E-state index >= 15 is 0 Å². The number of hydrogen-bond acceptors (Lipinski definition) is 4. The lowest BCUT2D eigenvalue weighted by molar-refractivity contribution is -0.148. The van der Waals surface area contributed by atoms with Crippen LogP contribution in [0.25, 0.3) is 0 Å². The fraction of sp³-hybridized carbons (Fsp3) is 0.182. The van der Waals surface area contributed by atoms with Crippen LogP contribution in [0.1, 0.15) is 0 Å². The van der Waals surface area contributed by atoms with Crippen LogP contribution in [0.15, 0.2) is 36.0 Å². The number of nitrogens with one attached hydrogen (secondary N) is 2. The van der Waals surface area contributed by atoms with E-state index in [0.717, 1.165) is 13.2 Å². The summed E-state index contributed by atoms with van der Waals surface area (Å²) in [6.45, 7) is 0. The molecule has 1 aromatic rings. The van der Waals surface area contributed by atoms with Crippen molar-refractivity contribution >= 4 is 11.7 Å². The number of halogens is 4. The van der Waals surface area contributed by atoms with Crippen molar-refractivity contribution in [3.05, 3.63) is 41.9 Å². The van der Waals surface area contributed by atoms with Gasteiger partial charge in [-0.3, -0.25) is 5.43 Å². The van der Waals surface area contributed by atoms with Crippen LogP contribution in [0.4, 0.5) is 23.2 Å². The quantitative estimate of drug-likeness (QED) is 0.384. The fourth-order valence-electron chi connectivity index (χ4n) is 1.12. The first-order chi connectivity index (χ1) is 8.86. The number of carbonyl (C=O) groups is 1. The molecule has 2 N–H and O–H groups in total. The maximum absolute atomic E-state index is 13.1. The summed E-state index contributed by atoms with van der Waals surface area (Å²) in [4.78, 5) is 10.9. The van der Waals surface area contributed by atoms with Crippen LogP contribution in [0.2, 0.25) is 0 Å². The second-order valence-electron chi connectivity index (χ2n) is 3.30. The van der Waals surface area contributed by atoms with Gasteiger partial charge in [0.15, 0.2) is 5.57 Å². The van der Waals surface area contributed by atoms with E-state index in [1.54, 1.807) is 0 Å². The normalized spacial score (nSPS) is 11.9. The van der Waals surface area contributed by atoms with E-state index in [1.807, 2.05) is 5.43 Å². The number of carbonyl (C=O) groups excluding carboxylic acids is 1. The SMILES string of the molecule is COC(=O)/C(=C\NNc1ccccc1F)C(F)(F)F. The van der Waals surface area contributed by atoms with Gasteiger partial charge in [-0.25, -0.2) is 9.18 Å². The fourth-order valence-corrected chi connectivity index (χ4v) is 1.12. The Balaban J connectivity index is 2.78. The van der Waals surface area contributed by atoms with Crippen LogP contribution in [0.3, 0.4) is 0 Å². The second-order valence-corrected chi connectivity index (χ2v) is 3.30. The van der Waals surface area contributed by atoms with Crippen LogP contribution in [-0.2, 0) is 9.53 Å². The third-order valence-electron chi connectivity index (χ3n) is 2.01. The van der Waals surface area contributed by atoms with Gasteiger partial charge in [-0.1, -0.05) is 12.1 Å². The maximum atomic E-state index is 13.1. The Hall–Kier alpha value is -2.25. The summed E-state index contributed by atoms with van der Waals surface area (Å²) >= 11 is 0. The van der Waals surface area contributed by atoms with Crippen molar-refractivity contribution in [2.75, 3.05) is 12.5 Å². The molecule has 0 amide bonds. The largest absolute Gasteiger partial charge is 0.465 e. The van der Waals surface area contributed by atoms with E-state index in [2.05, 4.69) is 10.2 Å². The lowest BCUT2D eigenvalue weighted by atomic mass is 10.3. The van der Waals surface area contributed by atoms with Crippen molar-refractivity contribution in [2.45, 2.75) is 6.18 Å². The summed E-state index contributed by atoms with van der Waals surface area (Å²) in [5.41, 5.74) is 2.57. The number of benzene rings is 1. The zero-order valence-electron chi connectivity index (χ0n) is 9.72. The molecule has 0 aliphatic carbocycles. The van der Waals surface area contributed by atoms with Crippen molar-refractivity contribution in [3.63, 3.8) is 0 Å². The van der Waals surface area contributed by atoms with Gasteiger partial charge in [0.25, 0.3) is 0 Å². The summed E-state index contributed by atoms with van der Waals surface area (Å²) in [6, 6.07) is 5.34. The Morgan fingerprint density at radius 3 is 2.47 bits per heavy atom. The number of esters is 1. The first-order valence-corrected chi connectivity index (χ1v) is 4.98. The van der Waals surface area contributed by atoms with Crippen LogP contribution in [0, 0.1) is 5.82 Å². The van der Waals surface area contributed by atoms with E-state index in [0.29, 0.717) is 6.20 Å². The molecule has 1 rings (SSSR count). The summed E-state index contributed by atoms with van der Waals surface area (Å²) < 4.78 is 54.5. The van der Waals surface area contributed by atoms with Gasteiger partial charge < -0.3 is 10.2 Å². The van der Waals surface area contributed by atoms with Gasteiger partial charge in [0, 0.05) is 6.20 Å². The third kappa shape index (κ3) is 4.16. The summed E-state index contributed by atoms with van der Waals surface area (Å²) in [6.07, 6.45) is -4.52. The molecule has 0 spiro atoms. The number of alkyl halides is 3. The highest BCUT2D eigenvalue weighted by atomic mass is 19.4. The number of ether oxygens (including phenoxy) is 1. The van der Waals surface area contributed by atoms with Gasteiger partial charge in [0.05, 0.1) is 12.8 Å². The van der Waals surface area contributed by atoms with Crippen LogP contribution in [-0.4, -0.2) is 19.3 Å².